The van der Waals surface area contributed by atoms with Crippen LogP contribution in [0.3, 0.4) is 0 Å². The molecule has 1 aromatic heterocycles. The summed E-state index contributed by atoms with van der Waals surface area (Å²) in [6.45, 7) is 4.33. The van der Waals surface area contributed by atoms with Gasteiger partial charge in [0.2, 0.25) is 17.7 Å². The number of amides is 1. The van der Waals surface area contributed by atoms with Crippen LogP contribution in [-0.4, -0.2) is 60.1 Å². The van der Waals surface area contributed by atoms with Crippen LogP contribution >= 0.6 is 28.3 Å². The Hall–Kier alpha value is -1.12. The molecule has 1 aromatic rings. The van der Waals surface area contributed by atoms with Crippen molar-refractivity contribution < 1.29 is 9.53 Å². The number of nitrogens with zero attached hydrogens (tertiary/aromatic N) is 4. The van der Waals surface area contributed by atoms with E-state index in [1.165, 1.54) is 0 Å². The van der Waals surface area contributed by atoms with E-state index in [9.17, 15) is 4.79 Å². The van der Waals surface area contributed by atoms with Crippen LogP contribution in [-0.2, 0) is 4.79 Å². The number of methoxy groups -OCH3 is 1. The summed E-state index contributed by atoms with van der Waals surface area (Å²) >= 11 is 3.32. The first-order valence-corrected chi connectivity index (χ1v) is 7.18. The van der Waals surface area contributed by atoms with Gasteiger partial charge in [0.1, 0.15) is 0 Å². The second-order valence-corrected chi connectivity index (χ2v) is 5.48. The molecular weight excluding hydrogens is 362 g/mol. The number of hydrogen-bond acceptors (Lipinski definition) is 6. The van der Waals surface area contributed by atoms with Crippen molar-refractivity contribution in [3.63, 3.8) is 0 Å². The van der Waals surface area contributed by atoms with Crippen LogP contribution in [0.5, 0.6) is 5.88 Å². The number of carbonyl (C=O) groups excluding carboxylic acids is 1. The standard InChI is InChI=1S/C12H18BrN5O2.ClH/c1-8(14)11(19)17-3-5-18(6-4-17)12-15-7-9(13)10(16-12)20-2;/h7-8H,3-6,14H2,1-2H3;1H. The van der Waals surface area contributed by atoms with Crippen molar-refractivity contribution in [1.82, 2.24) is 14.9 Å². The fourth-order valence-electron chi connectivity index (χ4n) is 2.05. The topological polar surface area (TPSA) is 84.6 Å². The van der Waals surface area contributed by atoms with Gasteiger partial charge in [-0.25, -0.2) is 4.98 Å². The third-order valence-electron chi connectivity index (χ3n) is 3.16. The molecule has 1 unspecified atom stereocenters. The highest BCUT2D eigenvalue weighted by Crippen LogP contribution is 2.23. The summed E-state index contributed by atoms with van der Waals surface area (Å²) in [7, 11) is 1.57. The van der Waals surface area contributed by atoms with Crippen molar-refractivity contribution >= 4 is 40.2 Å². The first-order valence-electron chi connectivity index (χ1n) is 6.38. The third kappa shape index (κ3) is 4.18. The second kappa shape index (κ2) is 7.77. The number of rotatable bonds is 3. The van der Waals surface area contributed by atoms with Crippen LogP contribution in [0.1, 0.15) is 6.92 Å². The Labute approximate surface area is 138 Å². The van der Waals surface area contributed by atoms with E-state index in [1.807, 2.05) is 4.90 Å². The number of halogens is 2. The lowest BCUT2D eigenvalue weighted by molar-refractivity contribution is -0.132. The van der Waals surface area contributed by atoms with Crippen molar-refractivity contribution in [2.75, 3.05) is 38.2 Å². The molecule has 7 nitrogen and oxygen atoms in total. The molecule has 2 heterocycles. The minimum absolute atomic E-state index is 0. The average Bonchev–Trinajstić information content (AvgIpc) is 2.47. The zero-order chi connectivity index (χ0) is 14.7. The predicted octanol–water partition coefficient (Wildman–Crippen LogP) is 0.665. The lowest BCUT2D eigenvalue weighted by Crippen LogP contribution is -2.52. The average molecular weight is 381 g/mol. The highest BCUT2D eigenvalue weighted by atomic mass is 79.9. The van der Waals surface area contributed by atoms with Gasteiger partial charge >= 0.3 is 0 Å². The van der Waals surface area contributed by atoms with E-state index in [4.69, 9.17) is 10.5 Å². The number of aromatic nitrogens is 2. The highest BCUT2D eigenvalue weighted by Gasteiger charge is 2.24. The number of anilines is 1. The highest BCUT2D eigenvalue weighted by molar-refractivity contribution is 9.10. The number of nitrogens with two attached hydrogens (primary N) is 1. The van der Waals surface area contributed by atoms with Gasteiger partial charge in [0.15, 0.2) is 0 Å². The number of ether oxygens (including phenoxy) is 1. The first-order chi connectivity index (χ1) is 9.52. The molecule has 1 aliphatic rings. The van der Waals surface area contributed by atoms with E-state index >= 15 is 0 Å². The predicted molar refractivity (Wildman–Crippen MR) is 86.0 cm³/mol. The van der Waals surface area contributed by atoms with Crippen LogP contribution < -0.4 is 15.4 Å². The van der Waals surface area contributed by atoms with Gasteiger partial charge in [-0.2, -0.15) is 4.98 Å². The maximum atomic E-state index is 11.8. The zero-order valence-electron chi connectivity index (χ0n) is 12.0. The van der Waals surface area contributed by atoms with Crippen LogP contribution in [0.2, 0.25) is 0 Å². The van der Waals surface area contributed by atoms with Crippen LogP contribution in [0, 0.1) is 0 Å². The summed E-state index contributed by atoms with van der Waals surface area (Å²) in [6, 6.07) is -0.453. The summed E-state index contributed by atoms with van der Waals surface area (Å²) in [4.78, 5) is 24.2. The lowest BCUT2D eigenvalue weighted by atomic mass is 10.2. The van der Waals surface area contributed by atoms with Crippen molar-refractivity contribution in [2.24, 2.45) is 5.73 Å². The molecule has 2 N–H and O–H groups in total. The maximum Gasteiger partial charge on any atom is 0.239 e. The zero-order valence-corrected chi connectivity index (χ0v) is 14.4. The molecule has 9 heteroatoms. The fourth-order valence-corrected chi connectivity index (χ4v) is 2.41. The molecule has 1 atom stereocenters. The number of carbonyl (C=O) groups is 1. The van der Waals surface area contributed by atoms with Gasteiger partial charge in [-0.05, 0) is 22.9 Å². The molecule has 0 bridgehead atoms. The van der Waals surface area contributed by atoms with Crippen molar-refractivity contribution in [1.29, 1.82) is 0 Å². The molecule has 0 spiro atoms. The van der Waals surface area contributed by atoms with Crippen molar-refractivity contribution in [3.05, 3.63) is 10.7 Å². The van der Waals surface area contributed by atoms with Gasteiger partial charge in [0.05, 0.1) is 23.8 Å². The minimum atomic E-state index is -0.453. The SMILES string of the molecule is COc1nc(N2CCN(C(=O)C(C)N)CC2)ncc1Br.Cl. The molecule has 118 valence electrons. The Bertz CT molecular complexity index is 495. The Morgan fingerprint density at radius 3 is 2.57 bits per heavy atom. The van der Waals surface area contributed by atoms with Crippen LogP contribution in [0.4, 0.5) is 5.95 Å². The maximum absolute atomic E-state index is 11.8. The Kier molecular flexibility index (Phi) is 6.63. The monoisotopic (exact) mass is 379 g/mol. The molecule has 2 rings (SSSR count). The molecule has 1 aliphatic heterocycles. The molecule has 0 aliphatic carbocycles. The van der Waals surface area contributed by atoms with E-state index in [-0.39, 0.29) is 18.3 Å². The van der Waals surface area contributed by atoms with Gasteiger partial charge in [-0.3, -0.25) is 4.79 Å². The molecular formula is C12H19BrClN5O2. The van der Waals surface area contributed by atoms with E-state index < -0.39 is 6.04 Å². The smallest absolute Gasteiger partial charge is 0.239 e. The molecule has 1 amide bonds. The summed E-state index contributed by atoms with van der Waals surface area (Å²) < 4.78 is 5.88. The first kappa shape index (κ1) is 17.9. The van der Waals surface area contributed by atoms with Gasteiger partial charge in [-0.1, -0.05) is 0 Å². The van der Waals surface area contributed by atoms with Gasteiger partial charge in [0, 0.05) is 26.2 Å². The summed E-state index contributed by atoms with van der Waals surface area (Å²) in [5.74, 6) is 1.10. The fraction of sp³-hybridized carbons (Fsp3) is 0.583. The Morgan fingerprint density at radius 2 is 2.05 bits per heavy atom. The molecule has 1 saturated heterocycles. The normalized spacial score (nSPS) is 16.2. The number of hydrogen-bond donors (Lipinski definition) is 1. The number of piperazine rings is 1. The molecule has 0 saturated carbocycles. The van der Waals surface area contributed by atoms with E-state index in [2.05, 4.69) is 25.9 Å². The van der Waals surface area contributed by atoms with Crippen molar-refractivity contribution in [3.8, 4) is 5.88 Å². The molecule has 21 heavy (non-hydrogen) atoms. The molecule has 1 fully saturated rings. The van der Waals surface area contributed by atoms with Gasteiger partial charge < -0.3 is 20.3 Å². The molecule has 0 radical (unpaired) electrons. The minimum Gasteiger partial charge on any atom is -0.480 e. The van der Waals surface area contributed by atoms with Crippen LogP contribution in [0.15, 0.2) is 10.7 Å². The summed E-state index contributed by atoms with van der Waals surface area (Å²) in [6.07, 6.45) is 1.67. The van der Waals surface area contributed by atoms with E-state index in [0.717, 1.165) is 4.47 Å². The quantitative estimate of drug-likeness (QED) is 0.829. The molecule has 0 aromatic carbocycles. The largest absolute Gasteiger partial charge is 0.480 e. The van der Waals surface area contributed by atoms with Gasteiger partial charge in [-0.15, -0.1) is 12.4 Å². The Morgan fingerprint density at radius 1 is 1.43 bits per heavy atom. The second-order valence-electron chi connectivity index (χ2n) is 4.63. The van der Waals surface area contributed by atoms with E-state index in [0.29, 0.717) is 38.0 Å². The van der Waals surface area contributed by atoms with E-state index in [1.54, 1.807) is 25.1 Å². The van der Waals surface area contributed by atoms with Gasteiger partial charge in [0.25, 0.3) is 0 Å². The van der Waals surface area contributed by atoms with Crippen molar-refractivity contribution in [2.45, 2.75) is 13.0 Å². The lowest BCUT2D eigenvalue weighted by Gasteiger charge is -2.35. The summed E-state index contributed by atoms with van der Waals surface area (Å²) in [5, 5.41) is 0. The summed E-state index contributed by atoms with van der Waals surface area (Å²) in [5.41, 5.74) is 5.62. The van der Waals surface area contributed by atoms with Crippen LogP contribution in [0.25, 0.3) is 0 Å². The Balaban J connectivity index is 0.00000220. The third-order valence-corrected chi connectivity index (χ3v) is 3.70.